The first-order chi connectivity index (χ1) is 9.15. The molecule has 0 fully saturated rings. The van der Waals surface area contributed by atoms with Crippen molar-refractivity contribution in [2.45, 2.75) is 18.8 Å². The number of hydrogen-bond acceptors (Lipinski definition) is 2. The molecule has 0 spiro atoms. The molecule has 3 rings (SSSR count). The Morgan fingerprint density at radius 3 is 2.37 bits per heavy atom. The van der Waals surface area contributed by atoms with Gasteiger partial charge in [0.25, 0.3) is 0 Å². The maximum absolute atomic E-state index is 12.6. The number of rotatable bonds is 2. The van der Waals surface area contributed by atoms with Gasteiger partial charge in [-0.25, -0.2) is 0 Å². The third-order valence-corrected chi connectivity index (χ3v) is 4.03. The van der Waals surface area contributed by atoms with Crippen molar-refractivity contribution in [1.29, 1.82) is 0 Å². The zero-order valence-electron chi connectivity index (χ0n) is 11.1. The van der Waals surface area contributed by atoms with E-state index < -0.39 is 5.41 Å². The van der Waals surface area contributed by atoms with Crippen molar-refractivity contribution in [3.05, 3.63) is 65.2 Å². The Bertz CT molecular complexity index is 628. The molecule has 1 aliphatic carbocycles. The topological polar surface area (TPSA) is 26.3 Å². The Labute approximate surface area is 113 Å². The van der Waals surface area contributed by atoms with E-state index in [1.54, 1.807) is 7.11 Å². The SMILES string of the molecule is COc1ccc(C2(C)Cc3ccccc3C2=O)cc1. The molecule has 0 saturated carbocycles. The number of fused-ring (bicyclic) bond motifs is 1. The molecule has 0 N–H and O–H groups in total. The van der Waals surface area contributed by atoms with E-state index in [4.69, 9.17) is 4.74 Å². The number of carbonyl (C=O) groups is 1. The Morgan fingerprint density at radius 1 is 1.05 bits per heavy atom. The van der Waals surface area contributed by atoms with Crippen molar-refractivity contribution in [3.63, 3.8) is 0 Å². The summed E-state index contributed by atoms with van der Waals surface area (Å²) in [4.78, 5) is 12.6. The van der Waals surface area contributed by atoms with Crippen LogP contribution < -0.4 is 4.74 Å². The van der Waals surface area contributed by atoms with Gasteiger partial charge in [-0.3, -0.25) is 4.79 Å². The molecule has 19 heavy (non-hydrogen) atoms. The highest BCUT2D eigenvalue weighted by molar-refractivity contribution is 6.08. The highest BCUT2D eigenvalue weighted by Gasteiger charge is 2.42. The average molecular weight is 252 g/mol. The quantitative estimate of drug-likeness (QED) is 0.819. The Kier molecular flexibility index (Phi) is 2.67. The number of Topliss-reactive ketones (excluding diaryl/α,β-unsaturated/α-hetero) is 1. The average Bonchev–Trinajstić information content (AvgIpc) is 2.72. The van der Waals surface area contributed by atoms with Crippen LogP contribution in [0.4, 0.5) is 0 Å². The summed E-state index contributed by atoms with van der Waals surface area (Å²) in [5.74, 6) is 1.03. The molecule has 96 valence electrons. The second kappa shape index (κ2) is 4.23. The largest absolute Gasteiger partial charge is 0.497 e. The van der Waals surface area contributed by atoms with E-state index in [1.807, 2.05) is 55.5 Å². The van der Waals surface area contributed by atoms with Gasteiger partial charge >= 0.3 is 0 Å². The second-order valence-corrected chi connectivity index (χ2v) is 5.22. The highest BCUT2D eigenvalue weighted by Crippen LogP contribution is 2.39. The lowest BCUT2D eigenvalue weighted by atomic mass is 9.79. The lowest BCUT2D eigenvalue weighted by molar-refractivity contribution is 0.0915. The Balaban J connectivity index is 2.03. The molecule has 1 unspecified atom stereocenters. The first kappa shape index (κ1) is 12.0. The van der Waals surface area contributed by atoms with Gasteiger partial charge in [-0.2, -0.15) is 0 Å². The van der Waals surface area contributed by atoms with Crippen LogP contribution in [0.5, 0.6) is 5.75 Å². The van der Waals surface area contributed by atoms with Crippen LogP contribution in [0, 0.1) is 0 Å². The zero-order valence-corrected chi connectivity index (χ0v) is 11.1. The van der Waals surface area contributed by atoms with Gasteiger partial charge in [0.1, 0.15) is 5.75 Å². The monoisotopic (exact) mass is 252 g/mol. The summed E-state index contributed by atoms with van der Waals surface area (Å²) in [7, 11) is 1.65. The van der Waals surface area contributed by atoms with E-state index in [0.29, 0.717) is 0 Å². The molecule has 0 aliphatic heterocycles. The molecule has 0 bridgehead atoms. The fourth-order valence-corrected chi connectivity index (χ4v) is 2.85. The van der Waals surface area contributed by atoms with E-state index >= 15 is 0 Å². The first-order valence-electron chi connectivity index (χ1n) is 6.42. The fourth-order valence-electron chi connectivity index (χ4n) is 2.85. The molecular weight excluding hydrogens is 236 g/mol. The number of ether oxygens (including phenoxy) is 1. The van der Waals surface area contributed by atoms with Gasteiger partial charge in [0.2, 0.25) is 0 Å². The van der Waals surface area contributed by atoms with Crippen LogP contribution in [0.2, 0.25) is 0 Å². The van der Waals surface area contributed by atoms with Gasteiger partial charge in [0.05, 0.1) is 12.5 Å². The molecule has 1 atom stereocenters. The molecule has 0 radical (unpaired) electrons. The third kappa shape index (κ3) is 1.75. The molecule has 0 saturated heterocycles. The van der Waals surface area contributed by atoms with Crippen LogP contribution in [0.1, 0.15) is 28.4 Å². The summed E-state index contributed by atoms with van der Waals surface area (Å²) in [5, 5.41) is 0. The van der Waals surface area contributed by atoms with Crippen molar-refractivity contribution in [2.24, 2.45) is 0 Å². The number of methoxy groups -OCH3 is 1. The predicted octanol–water partition coefficient (Wildman–Crippen LogP) is 3.39. The van der Waals surface area contributed by atoms with Crippen molar-refractivity contribution >= 4 is 5.78 Å². The molecule has 2 aromatic carbocycles. The summed E-state index contributed by atoms with van der Waals surface area (Å²) in [6.07, 6.45) is 0.772. The van der Waals surface area contributed by atoms with Gasteiger partial charge in [-0.05, 0) is 36.6 Å². The van der Waals surface area contributed by atoms with Crippen LogP contribution in [-0.4, -0.2) is 12.9 Å². The number of benzene rings is 2. The maximum atomic E-state index is 12.6. The van der Waals surface area contributed by atoms with Crippen LogP contribution in [0.15, 0.2) is 48.5 Å². The van der Waals surface area contributed by atoms with Crippen molar-refractivity contribution < 1.29 is 9.53 Å². The summed E-state index contributed by atoms with van der Waals surface area (Å²) in [5.41, 5.74) is 2.61. The van der Waals surface area contributed by atoms with E-state index in [1.165, 1.54) is 0 Å². The van der Waals surface area contributed by atoms with Crippen molar-refractivity contribution in [2.75, 3.05) is 7.11 Å². The summed E-state index contributed by atoms with van der Waals surface area (Å²) in [6.45, 7) is 2.02. The summed E-state index contributed by atoms with van der Waals surface area (Å²) < 4.78 is 5.17. The molecule has 0 amide bonds. The van der Waals surface area contributed by atoms with Gasteiger partial charge in [-0.15, -0.1) is 0 Å². The lowest BCUT2D eigenvalue weighted by Crippen LogP contribution is -2.29. The smallest absolute Gasteiger partial charge is 0.173 e. The fraction of sp³-hybridized carbons (Fsp3) is 0.235. The number of hydrogen-bond donors (Lipinski definition) is 0. The molecule has 0 aromatic heterocycles. The van der Waals surface area contributed by atoms with Gasteiger partial charge in [0, 0.05) is 5.56 Å². The Morgan fingerprint density at radius 2 is 1.74 bits per heavy atom. The van der Waals surface area contributed by atoms with Crippen molar-refractivity contribution in [3.8, 4) is 5.75 Å². The minimum absolute atomic E-state index is 0.216. The van der Waals surface area contributed by atoms with Crippen molar-refractivity contribution in [1.82, 2.24) is 0 Å². The molecule has 0 heterocycles. The van der Waals surface area contributed by atoms with Gasteiger partial charge in [0.15, 0.2) is 5.78 Å². The zero-order chi connectivity index (χ0) is 13.5. The third-order valence-electron chi connectivity index (χ3n) is 4.03. The minimum atomic E-state index is -0.448. The van der Waals surface area contributed by atoms with Gasteiger partial charge < -0.3 is 4.74 Å². The first-order valence-corrected chi connectivity index (χ1v) is 6.42. The number of ketones is 1. The lowest BCUT2D eigenvalue weighted by Gasteiger charge is -2.22. The van der Waals surface area contributed by atoms with E-state index in [9.17, 15) is 4.79 Å². The summed E-state index contributed by atoms with van der Waals surface area (Å²) >= 11 is 0. The predicted molar refractivity (Wildman–Crippen MR) is 74.8 cm³/mol. The van der Waals surface area contributed by atoms with Crippen LogP contribution in [0.3, 0.4) is 0 Å². The second-order valence-electron chi connectivity index (χ2n) is 5.22. The van der Waals surface area contributed by atoms with E-state index in [0.717, 1.165) is 28.9 Å². The van der Waals surface area contributed by atoms with Crippen LogP contribution in [-0.2, 0) is 11.8 Å². The normalized spacial score (nSPS) is 21.3. The standard InChI is InChI=1S/C17H16O2/c1-17(13-7-9-14(19-2)10-8-13)11-12-5-3-4-6-15(12)16(17)18/h3-10H,11H2,1-2H3. The summed E-state index contributed by atoms with van der Waals surface area (Å²) in [6, 6.07) is 15.7. The van der Waals surface area contributed by atoms with Crippen LogP contribution in [0.25, 0.3) is 0 Å². The molecular formula is C17H16O2. The Hall–Kier alpha value is -2.09. The minimum Gasteiger partial charge on any atom is -0.497 e. The molecule has 1 aliphatic rings. The van der Waals surface area contributed by atoms with E-state index in [2.05, 4.69) is 0 Å². The number of carbonyl (C=O) groups excluding carboxylic acids is 1. The van der Waals surface area contributed by atoms with E-state index in [-0.39, 0.29) is 5.78 Å². The van der Waals surface area contributed by atoms with Crippen LogP contribution >= 0.6 is 0 Å². The highest BCUT2D eigenvalue weighted by atomic mass is 16.5. The molecule has 2 nitrogen and oxygen atoms in total. The molecule has 2 aromatic rings. The maximum Gasteiger partial charge on any atom is 0.173 e. The molecule has 2 heteroatoms. The van der Waals surface area contributed by atoms with Gasteiger partial charge in [-0.1, -0.05) is 36.4 Å².